The van der Waals surface area contributed by atoms with E-state index in [1.54, 1.807) is 0 Å². The highest BCUT2D eigenvalue weighted by atomic mass is 28.4. The number of allylic oxidation sites excluding steroid dienone is 2. The van der Waals surface area contributed by atoms with Gasteiger partial charge in [0.05, 0.1) is 0 Å². The van der Waals surface area contributed by atoms with Gasteiger partial charge in [-0.2, -0.15) is 0 Å². The molecule has 0 amide bonds. The van der Waals surface area contributed by atoms with Crippen LogP contribution in [0.2, 0.25) is 0 Å². The van der Waals surface area contributed by atoms with Crippen LogP contribution in [-0.4, -0.2) is 28.6 Å². The van der Waals surface area contributed by atoms with Crippen molar-refractivity contribution in [3.05, 3.63) is 11.3 Å². The summed E-state index contributed by atoms with van der Waals surface area (Å²) in [6.45, 7) is 8.02. The molecule has 106 valence electrons. The topological polar surface area (TPSA) is 27.7 Å². The van der Waals surface area contributed by atoms with Gasteiger partial charge in [0.25, 0.3) is 0 Å². The van der Waals surface area contributed by atoms with Crippen LogP contribution in [0.4, 0.5) is 0 Å². The summed E-state index contributed by atoms with van der Waals surface area (Å²) in [6, 6.07) is 0. The molecule has 3 nitrogen and oxygen atoms in total. The van der Waals surface area contributed by atoms with Gasteiger partial charge in [-0.3, -0.25) is 0 Å². The Kier molecular flexibility index (Phi) is 7.82. The summed E-state index contributed by atoms with van der Waals surface area (Å²) in [5, 5.41) is 1.31. The van der Waals surface area contributed by atoms with Gasteiger partial charge in [-0.05, 0) is 51.7 Å². The Bertz CT molecular complexity index is 236. The highest BCUT2D eigenvalue weighted by Crippen LogP contribution is 2.28. The zero-order valence-electron chi connectivity index (χ0n) is 12.2. The molecule has 1 aliphatic carbocycles. The normalized spacial score (nSPS) is 18.1. The van der Waals surface area contributed by atoms with Gasteiger partial charge in [0.15, 0.2) is 0 Å². The molecule has 0 saturated carbocycles. The molecule has 0 aromatic carbocycles. The lowest BCUT2D eigenvalue weighted by Gasteiger charge is -2.31. The van der Waals surface area contributed by atoms with Gasteiger partial charge in [0, 0.05) is 19.8 Å². The molecular weight excluding hydrogens is 244 g/mol. The summed E-state index contributed by atoms with van der Waals surface area (Å²) in [7, 11) is -2.59. The Morgan fingerprint density at radius 3 is 2.00 bits per heavy atom. The fourth-order valence-electron chi connectivity index (χ4n) is 2.44. The van der Waals surface area contributed by atoms with Crippen LogP contribution in [0, 0.1) is 0 Å². The van der Waals surface area contributed by atoms with Crippen molar-refractivity contribution in [2.75, 3.05) is 19.8 Å². The Labute approximate surface area is 113 Å². The van der Waals surface area contributed by atoms with Crippen molar-refractivity contribution in [3.63, 3.8) is 0 Å². The Morgan fingerprint density at radius 1 is 0.889 bits per heavy atom. The van der Waals surface area contributed by atoms with Crippen molar-refractivity contribution < 1.29 is 13.3 Å². The summed E-state index contributed by atoms with van der Waals surface area (Å²) in [6.07, 6.45) is 9.70. The molecule has 0 bridgehead atoms. The summed E-state index contributed by atoms with van der Waals surface area (Å²) in [4.78, 5) is 0. The quantitative estimate of drug-likeness (QED) is 0.659. The summed E-state index contributed by atoms with van der Waals surface area (Å²) in [5.41, 5.74) is 0. The fraction of sp³-hybridized carbons (Fsp3) is 0.857. The van der Waals surface area contributed by atoms with E-state index in [9.17, 15) is 0 Å². The van der Waals surface area contributed by atoms with Gasteiger partial charge in [-0.25, -0.2) is 0 Å². The van der Waals surface area contributed by atoms with Crippen molar-refractivity contribution >= 4 is 8.80 Å². The second-order valence-corrected chi connectivity index (χ2v) is 7.16. The lowest BCUT2D eigenvalue weighted by atomic mass is 10.1. The zero-order valence-corrected chi connectivity index (χ0v) is 13.2. The van der Waals surface area contributed by atoms with Crippen molar-refractivity contribution in [2.45, 2.75) is 59.3 Å². The molecule has 0 aliphatic heterocycles. The van der Waals surface area contributed by atoms with Crippen molar-refractivity contribution in [3.8, 4) is 0 Å². The maximum Gasteiger partial charge on any atom is 0.532 e. The predicted octanol–water partition coefficient (Wildman–Crippen LogP) is 3.85. The molecule has 4 heteroatoms. The lowest BCUT2D eigenvalue weighted by molar-refractivity contribution is 0.0795. The molecule has 1 aliphatic rings. The van der Waals surface area contributed by atoms with Gasteiger partial charge in [-0.1, -0.05) is 18.9 Å². The smallest absolute Gasteiger partial charge is 0.370 e. The fourth-order valence-corrected chi connectivity index (χ4v) is 5.27. The van der Waals surface area contributed by atoms with Gasteiger partial charge >= 0.3 is 8.80 Å². The molecular formula is C14H28O3Si. The minimum atomic E-state index is -2.59. The van der Waals surface area contributed by atoms with E-state index < -0.39 is 8.80 Å². The Balaban J connectivity index is 2.88. The van der Waals surface area contributed by atoms with Gasteiger partial charge in [0.1, 0.15) is 0 Å². The minimum Gasteiger partial charge on any atom is -0.370 e. The molecule has 0 heterocycles. The van der Waals surface area contributed by atoms with E-state index in [4.69, 9.17) is 13.3 Å². The van der Waals surface area contributed by atoms with Crippen LogP contribution in [0.3, 0.4) is 0 Å². The van der Waals surface area contributed by atoms with Crippen LogP contribution in [-0.2, 0) is 13.3 Å². The van der Waals surface area contributed by atoms with Crippen LogP contribution < -0.4 is 0 Å². The van der Waals surface area contributed by atoms with E-state index >= 15 is 0 Å². The van der Waals surface area contributed by atoms with Crippen LogP contribution in [0.15, 0.2) is 11.3 Å². The molecule has 0 atom stereocenters. The molecule has 0 aromatic heterocycles. The zero-order chi connectivity index (χ0) is 13.3. The standard InChI is InChI=1S/C14H28O3Si/c1-4-15-18(16-5-2,17-6-3)14-12-10-8-7-9-11-13-14/h12H,4-11,13H2,1-3H3. The molecule has 18 heavy (non-hydrogen) atoms. The molecule has 0 unspecified atom stereocenters. The van der Waals surface area contributed by atoms with E-state index in [-0.39, 0.29) is 0 Å². The van der Waals surface area contributed by atoms with Gasteiger partial charge in [-0.15, -0.1) is 0 Å². The first-order valence-corrected chi connectivity index (χ1v) is 9.12. The molecule has 0 fully saturated rings. The number of rotatable bonds is 7. The summed E-state index contributed by atoms with van der Waals surface area (Å²) < 4.78 is 17.9. The third-order valence-corrected chi connectivity index (χ3v) is 6.43. The highest BCUT2D eigenvalue weighted by Gasteiger charge is 2.44. The second kappa shape index (κ2) is 8.86. The summed E-state index contributed by atoms with van der Waals surface area (Å²) in [5.74, 6) is 0. The third kappa shape index (κ3) is 4.50. The van der Waals surface area contributed by atoms with E-state index in [0.717, 1.165) is 12.8 Å². The molecule has 0 spiro atoms. The first kappa shape index (κ1) is 15.9. The first-order chi connectivity index (χ1) is 8.79. The monoisotopic (exact) mass is 272 g/mol. The molecule has 0 saturated heterocycles. The summed E-state index contributed by atoms with van der Waals surface area (Å²) >= 11 is 0. The highest BCUT2D eigenvalue weighted by molar-refractivity contribution is 6.68. The van der Waals surface area contributed by atoms with Crippen LogP contribution in [0.1, 0.15) is 59.3 Å². The average molecular weight is 272 g/mol. The van der Waals surface area contributed by atoms with E-state index in [1.165, 1.54) is 30.9 Å². The Morgan fingerprint density at radius 2 is 1.44 bits per heavy atom. The lowest BCUT2D eigenvalue weighted by Crippen LogP contribution is -2.48. The van der Waals surface area contributed by atoms with Gasteiger partial charge in [0.2, 0.25) is 0 Å². The number of hydrogen-bond acceptors (Lipinski definition) is 3. The minimum absolute atomic E-state index is 0.656. The average Bonchev–Trinajstić information content (AvgIpc) is 2.29. The SMILES string of the molecule is CCO[Si](OCC)(OCC)C1=CCCCCCC1. The van der Waals surface area contributed by atoms with Crippen LogP contribution in [0.25, 0.3) is 0 Å². The van der Waals surface area contributed by atoms with Crippen LogP contribution in [0.5, 0.6) is 0 Å². The molecule has 0 N–H and O–H groups in total. The van der Waals surface area contributed by atoms with Crippen molar-refractivity contribution in [2.24, 2.45) is 0 Å². The maximum atomic E-state index is 5.97. The predicted molar refractivity (Wildman–Crippen MR) is 76.4 cm³/mol. The second-order valence-electron chi connectivity index (χ2n) is 4.54. The van der Waals surface area contributed by atoms with Crippen molar-refractivity contribution in [1.29, 1.82) is 0 Å². The van der Waals surface area contributed by atoms with E-state index in [1.807, 2.05) is 20.8 Å². The largest absolute Gasteiger partial charge is 0.532 e. The third-order valence-electron chi connectivity index (χ3n) is 3.19. The maximum absolute atomic E-state index is 5.97. The van der Waals surface area contributed by atoms with E-state index in [2.05, 4.69) is 6.08 Å². The Hall–Kier alpha value is -0.163. The van der Waals surface area contributed by atoms with Crippen LogP contribution >= 0.6 is 0 Å². The van der Waals surface area contributed by atoms with Gasteiger partial charge < -0.3 is 13.3 Å². The molecule has 0 aromatic rings. The first-order valence-electron chi connectivity index (χ1n) is 7.40. The molecule has 0 radical (unpaired) electrons. The molecule has 1 rings (SSSR count). The van der Waals surface area contributed by atoms with E-state index in [0.29, 0.717) is 19.8 Å². The number of hydrogen-bond donors (Lipinski definition) is 0. The van der Waals surface area contributed by atoms with Crippen molar-refractivity contribution in [1.82, 2.24) is 0 Å².